The zero-order chi connectivity index (χ0) is 18.4. The number of hydrogen-bond donors (Lipinski definition) is 2. The van der Waals surface area contributed by atoms with E-state index in [0.717, 1.165) is 8.95 Å². The lowest BCUT2D eigenvalue weighted by atomic mass is 10.1. The van der Waals surface area contributed by atoms with E-state index in [-0.39, 0.29) is 12.2 Å². The molecule has 0 spiro atoms. The molecule has 2 rings (SSSR count). The number of benzene rings is 2. The van der Waals surface area contributed by atoms with Crippen LogP contribution in [0.3, 0.4) is 0 Å². The third-order valence-corrected chi connectivity index (χ3v) is 5.69. The zero-order valence-electron chi connectivity index (χ0n) is 13.1. The number of rotatable bonds is 7. The minimum atomic E-state index is -1.26. The van der Waals surface area contributed by atoms with Crippen LogP contribution >= 0.6 is 31.9 Å². The Balaban J connectivity index is 2.02. The van der Waals surface area contributed by atoms with Crippen molar-refractivity contribution in [2.75, 3.05) is 5.75 Å². The number of halogens is 2. The summed E-state index contributed by atoms with van der Waals surface area (Å²) >= 11 is 6.62. The van der Waals surface area contributed by atoms with Crippen LogP contribution < -0.4 is 11.1 Å². The Hall–Kier alpha value is -1.51. The first-order valence-electron chi connectivity index (χ1n) is 7.36. The van der Waals surface area contributed by atoms with E-state index >= 15 is 0 Å². The smallest absolute Gasteiger partial charge is 0.252 e. The van der Waals surface area contributed by atoms with Gasteiger partial charge in [0.2, 0.25) is 5.91 Å². The average molecular weight is 488 g/mol. The Morgan fingerprint density at radius 2 is 1.68 bits per heavy atom. The van der Waals surface area contributed by atoms with Crippen molar-refractivity contribution in [3.8, 4) is 0 Å². The molecule has 0 aliphatic heterocycles. The number of carbonyl (C=O) groups excluding carboxylic acids is 2. The molecule has 0 radical (unpaired) electrons. The molecule has 0 fully saturated rings. The number of nitrogens with two attached hydrogens (primary N) is 1. The molecule has 5 nitrogen and oxygen atoms in total. The molecule has 2 atom stereocenters. The summed E-state index contributed by atoms with van der Waals surface area (Å²) in [6.07, 6.45) is 0.192. The van der Waals surface area contributed by atoms with Crippen molar-refractivity contribution in [1.82, 2.24) is 5.32 Å². The molecule has 132 valence electrons. The van der Waals surface area contributed by atoms with E-state index in [4.69, 9.17) is 5.73 Å². The van der Waals surface area contributed by atoms with E-state index in [9.17, 15) is 13.8 Å². The fourth-order valence-electron chi connectivity index (χ4n) is 2.13. The van der Waals surface area contributed by atoms with Crippen LogP contribution in [0.2, 0.25) is 0 Å². The van der Waals surface area contributed by atoms with Crippen LogP contribution in [-0.4, -0.2) is 27.8 Å². The molecule has 0 bridgehead atoms. The van der Waals surface area contributed by atoms with Gasteiger partial charge in [-0.15, -0.1) is 0 Å². The molecule has 0 heterocycles. The molecule has 3 N–H and O–H groups in total. The quantitative estimate of drug-likeness (QED) is 0.629. The molecular weight excluding hydrogens is 472 g/mol. The fraction of sp³-hybridized carbons (Fsp3) is 0.176. The first-order valence-corrected chi connectivity index (χ1v) is 10.3. The minimum absolute atomic E-state index is 0.192. The van der Waals surface area contributed by atoms with Crippen molar-refractivity contribution in [1.29, 1.82) is 0 Å². The van der Waals surface area contributed by atoms with Crippen molar-refractivity contribution in [3.05, 3.63) is 63.0 Å². The van der Waals surface area contributed by atoms with Crippen LogP contribution in [0.5, 0.6) is 0 Å². The summed E-state index contributed by atoms with van der Waals surface area (Å²) in [7, 11) is -1.26. The molecule has 25 heavy (non-hydrogen) atoms. The van der Waals surface area contributed by atoms with E-state index in [1.54, 1.807) is 42.5 Å². The van der Waals surface area contributed by atoms with Gasteiger partial charge in [0, 0.05) is 25.2 Å². The summed E-state index contributed by atoms with van der Waals surface area (Å²) in [6.45, 7) is 0. The molecule has 8 heteroatoms. The summed E-state index contributed by atoms with van der Waals surface area (Å²) in [5.74, 6) is -0.858. The Labute approximate surface area is 165 Å². The van der Waals surface area contributed by atoms with E-state index in [1.807, 2.05) is 6.07 Å². The largest absolute Gasteiger partial charge is 0.368 e. The van der Waals surface area contributed by atoms with Gasteiger partial charge in [-0.2, -0.15) is 0 Å². The van der Waals surface area contributed by atoms with Gasteiger partial charge in [-0.25, -0.2) is 0 Å². The maximum absolute atomic E-state index is 12.3. The topological polar surface area (TPSA) is 89.3 Å². The first-order chi connectivity index (χ1) is 11.9. The molecule has 2 amide bonds. The van der Waals surface area contributed by atoms with E-state index in [0.29, 0.717) is 10.5 Å². The Morgan fingerprint density at radius 3 is 2.24 bits per heavy atom. The maximum atomic E-state index is 12.3. The van der Waals surface area contributed by atoms with Crippen molar-refractivity contribution < 1.29 is 13.8 Å². The summed E-state index contributed by atoms with van der Waals surface area (Å²) in [6, 6.07) is 13.1. The number of amides is 2. The number of nitrogens with one attached hydrogen (secondary N) is 1. The van der Waals surface area contributed by atoms with Gasteiger partial charge in [0.15, 0.2) is 0 Å². The molecule has 0 aliphatic carbocycles. The zero-order valence-corrected chi connectivity index (χ0v) is 17.1. The van der Waals surface area contributed by atoms with Crippen molar-refractivity contribution in [3.63, 3.8) is 0 Å². The van der Waals surface area contributed by atoms with Crippen LogP contribution in [0.15, 0.2) is 62.4 Å². The van der Waals surface area contributed by atoms with Gasteiger partial charge >= 0.3 is 0 Å². The van der Waals surface area contributed by atoms with Gasteiger partial charge < -0.3 is 11.1 Å². The molecule has 0 aromatic heterocycles. The number of hydrogen-bond acceptors (Lipinski definition) is 3. The van der Waals surface area contributed by atoms with Gasteiger partial charge in [-0.1, -0.05) is 50.1 Å². The van der Waals surface area contributed by atoms with Gasteiger partial charge in [0.25, 0.3) is 5.91 Å². The maximum Gasteiger partial charge on any atom is 0.252 e. The van der Waals surface area contributed by atoms with E-state index in [1.165, 1.54) is 0 Å². The highest BCUT2D eigenvalue weighted by Crippen LogP contribution is 2.20. The van der Waals surface area contributed by atoms with Crippen LogP contribution in [0.1, 0.15) is 16.8 Å². The fourth-order valence-corrected chi connectivity index (χ4v) is 4.57. The van der Waals surface area contributed by atoms with Gasteiger partial charge in [0.1, 0.15) is 6.04 Å². The van der Waals surface area contributed by atoms with Crippen molar-refractivity contribution in [2.45, 2.75) is 17.4 Å². The molecule has 2 aromatic carbocycles. The van der Waals surface area contributed by atoms with Gasteiger partial charge in [-0.05, 0) is 36.8 Å². The highest BCUT2D eigenvalue weighted by molar-refractivity contribution is 9.11. The summed E-state index contributed by atoms with van der Waals surface area (Å²) in [5, 5.41) is 2.60. The number of primary amides is 1. The second-order valence-corrected chi connectivity index (χ2v) is 8.64. The standard InChI is InChI=1S/C17H16Br2N2O3S/c18-12-8-11(9-13(19)10-12)17(23)21-15(16(20)22)6-7-25(24)14-4-2-1-3-5-14/h1-5,8-10,15H,6-7H2,(H2,20,22)(H,21,23)/t15-,25-/m0/s1. The molecular formula is C17H16Br2N2O3S. The second kappa shape index (κ2) is 9.26. The Kier molecular flexibility index (Phi) is 7.34. The van der Waals surface area contributed by atoms with Crippen LogP contribution in [-0.2, 0) is 15.6 Å². The third kappa shape index (κ3) is 6.05. The molecule has 0 saturated heterocycles. The predicted octanol–water partition coefficient (Wildman–Crippen LogP) is 2.99. The monoisotopic (exact) mass is 486 g/mol. The molecule has 0 unspecified atom stereocenters. The number of carbonyl (C=O) groups is 2. The minimum Gasteiger partial charge on any atom is -0.368 e. The van der Waals surface area contributed by atoms with Crippen LogP contribution in [0.25, 0.3) is 0 Å². The van der Waals surface area contributed by atoms with Crippen molar-refractivity contribution >= 4 is 54.5 Å². The lowest BCUT2D eigenvalue weighted by Gasteiger charge is -2.15. The summed E-state index contributed by atoms with van der Waals surface area (Å²) in [5.41, 5.74) is 5.76. The third-order valence-electron chi connectivity index (χ3n) is 3.37. The Morgan fingerprint density at radius 1 is 1.08 bits per heavy atom. The molecule has 2 aromatic rings. The van der Waals surface area contributed by atoms with E-state index in [2.05, 4.69) is 37.2 Å². The lowest BCUT2D eigenvalue weighted by Crippen LogP contribution is -2.45. The highest BCUT2D eigenvalue weighted by Gasteiger charge is 2.20. The van der Waals surface area contributed by atoms with Crippen LogP contribution in [0, 0.1) is 0 Å². The van der Waals surface area contributed by atoms with E-state index < -0.39 is 28.7 Å². The van der Waals surface area contributed by atoms with Crippen LogP contribution in [0.4, 0.5) is 0 Å². The lowest BCUT2D eigenvalue weighted by molar-refractivity contribution is -0.119. The summed E-state index contributed by atoms with van der Waals surface area (Å²) in [4.78, 5) is 24.7. The SMILES string of the molecule is NC(=O)[C@H](CC[S@](=O)c1ccccc1)NC(=O)c1cc(Br)cc(Br)c1. The first kappa shape index (κ1) is 19.8. The molecule has 0 saturated carbocycles. The average Bonchev–Trinajstić information content (AvgIpc) is 2.57. The normalized spacial score (nSPS) is 13.0. The van der Waals surface area contributed by atoms with Gasteiger partial charge in [-0.3, -0.25) is 13.8 Å². The Bertz CT molecular complexity index is 779. The highest BCUT2D eigenvalue weighted by atomic mass is 79.9. The summed E-state index contributed by atoms with van der Waals surface area (Å²) < 4.78 is 13.7. The predicted molar refractivity (Wildman–Crippen MR) is 105 cm³/mol. The van der Waals surface area contributed by atoms with Crippen molar-refractivity contribution in [2.24, 2.45) is 5.73 Å². The molecule has 0 aliphatic rings. The van der Waals surface area contributed by atoms with Gasteiger partial charge in [0.05, 0.1) is 10.8 Å². The second-order valence-electron chi connectivity index (χ2n) is 5.24.